The zero-order valence-corrected chi connectivity index (χ0v) is 10.8. The predicted octanol–water partition coefficient (Wildman–Crippen LogP) is 0.755. The number of methoxy groups -OCH3 is 1. The fourth-order valence-corrected chi connectivity index (χ4v) is 1.33. The predicted molar refractivity (Wildman–Crippen MR) is 66.1 cm³/mol. The van der Waals surface area contributed by atoms with Crippen molar-refractivity contribution in [1.29, 1.82) is 0 Å². The van der Waals surface area contributed by atoms with E-state index < -0.39 is 0 Å². The largest absolute Gasteiger partial charge is 0.481 e. The summed E-state index contributed by atoms with van der Waals surface area (Å²) in [5, 5.41) is 9.97. The average Bonchev–Trinajstić information content (AvgIpc) is 2.67. The molecule has 0 fully saturated rings. The van der Waals surface area contributed by atoms with Crippen molar-refractivity contribution in [2.45, 2.75) is 26.3 Å². The molecule has 0 saturated carbocycles. The maximum absolute atomic E-state index is 11.5. The van der Waals surface area contributed by atoms with Gasteiger partial charge in [0.25, 0.3) is 0 Å². The minimum Gasteiger partial charge on any atom is -0.481 e. The monoisotopic (exact) mass is 240 g/mol. The van der Waals surface area contributed by atoms with Crippen LogP contribution in [0, 0.1) is 0 Å². The summed E-state index contributed by atoms with van der Waals surface area (Å²) in [5.41, 5.74) is 0. The molecule has 1 amide bonds. The Hall–Kier alpha value is -1.72. The molecule has 1 heterocycles. The number of nitrogens with one attached hydrogen (secondary N) is 2. The summed E-state index contributed by atoms with van der Waals surface area (Å²) in [4.78, 5) is 11.5. The van der Waals surface area contributed by atoms with Gasteiger partial charge in [-0.25, -0.2) is 4.68 Å². The molecule has 17 heavy (non-hydrogen) atoms. The van der Waals surface area contributed by atoms with Crippen LogP contribution < -0.4 is 15.4 Å². The second-order valence-corrected chi connectivity index (χ2v) is 3.93. The van der Waals surface area contributed by atoms with E-state index in [4.69, 9.17) is 4.74 Å². The Labute approximate surface area is 101 Å². The fraction of sp³-hybridized carbons (Fsp3) is 0.636. The highest BCUT2D eigenvalue weighted by Crippen LogP contribution is 2.14. The number of rotatable bonds is 6. The summed E-state index contributed by atoms with van der Waals surface area (Å²) in [6.07, 6.45) is 0.920. The van der Waals surface area contributed by atoms with Crippen molar-refractivity contribution >= 4 is 11.7 Å². The van der Waals surface area contributed by atoms with Crippen LogP contribution in [0.1, 0.15) is 20.3 Å². The topological polar surface area (TPSA) is 68.2 Å². The molecule has 6 nitrogen and oxygen atoms in total. The van der Waals surface area contributed by atoms with Crippen molar-refractivity contribution in [2.75, 3.05) is 19.0 Å². The van der Waals surface area contributed by atoms with Crippen LogP contribution in [0.2, 0.25) is 0 Å². The van der Waals surface area contributed by atoms with E-state index in [-0.39, 0.29) is 18.5 Å². The lowest BCUT2D eigenvalue weighted by Crippen LogP contribution is -2.36. The van der Waals surface area contributed by atoms with Crippen molar-refractivity contribution in [3.63, 3.8) is 0 Å². The quantitative estimate of drug-likeness (QED) is 0.770. The van der Waals surface area contributed by atoms with Gasteiger partial charge in [-0.05, 0) is 13.3 Å². The zero-order chi connectivity index (χ0) is 12.8. The highest BCUT2D eigenvalue weighted by Gasteiger charge is 2.08. The Morgan fingerprint density at radius 2 is 2.35 bits per heavy atom. The first kappa shape index (κ1) is 13.3. The van der Waals surface area contributed by atoms with Crippen molar-refractivity contribution in [2.24, 2.45) is 7.05 Å². The number of carbonyl (C=O) groups excluding carboxylic acids is 1. The van der Waals surface area contributed by atoms with E-state index in [1.807, 2.05) is 13.8 Å². The molecule has 0 bridgehead atoms. The van der Waals surface area contributed by atoms with Gasteiger partial charge in [0, 0.05) is 19.2 Å². The third-order valence-corrected chi connectivity index (χ3v) is 2.50. The van der Waals surface area contributed by atoms with E-state index in [0.717, 1.165) is 6.42 Å². The molecule has 0 aliphatic rings. The van der Waals surface area contributed by atoms with Gasteiger partial charge in [0.15, 0.2) is 5.82 Å². The van der Waals surface area contributed by atoms with E-state index in [9.17, 15) is 4.79 Å². The lowest BCUT2D eigenvalue weighted by molar-refractivity contribution is -0.120. The summed E-state index contributed by atoms with van der Waals surface area (Å²) in [7, 11) is 3.36. The molecule has 0 aliphatic heterocycles. The van der Waals surface area contributed by atoms with Gasteiger partial charge in [0.2, 0.25) is 11.8 Å². The molecule has 1 unspecified atom stereocenters. The van der Waals surface area contributed by atoms with Crippen LogP contribution in [0.3, 0.4) is 0 Å². The molecule has 0 aromatic carbocycles. The summed E-state index contributed by atoms with van der Waals surface area (Å²) in [5.74, 6) is 1.24. The van der Waals surface area contributed by atoms with E-state index in [0.29, 0.717) is 11.7 Å². The van der Waals surface area contributed by atoms with Crippen LogP contribution in [0.5, 0.6) is 5.88 Å². The Balaban J connectivity index is 2.42. The lowest BCUT2D eigenvalue weighted by Gasteiger charge is -2.11. The second kappa shape index (κ2) is 6.12. The minimum atomic E-state index is -0.0380. The first-order valence-electron chi connectivity index (χ1n) is 5.68. The SMILES string of the molecule is CCC(C)NC(=O)CNc1cc(OC)n(C)n1. The third kappa shape index (κ3) is 3.97. The molecular weight excluding hydrogens is 220 g/mol. The standard InChI is InChI=1S/C11H20N4O2/c1-5-8(2)13-10(16)7-12-9-6-11(17-4)15(3)14-9/h6,8H,5,7H2,1-4H3,(H,12,14)(H,13,16). The van der Waals surface area contributed by atoms with E-state index >= 15 is 0 Å². The molecule has 0 saturated heterocycles. The molecule has 2 N–H and O–H groups in total. The maximum atomic E-state index is 11.5. The lowest BCUT2D eigenvalue weighted by atomic mass is 10.2. The molecular formula is C11H20N4O2. The smallest absolute Gasteiger partial charge is 0.239 e. The molecule has 0 aliphatic carbocycles. The van der Waals surface area contributed by atoms with Gasteiger partial charge < -0.3 is 15.4 Å². The third-order valence-electron chi connectivity index (χ3n) is 2.50. The second-order valence-electron chi connectivity index (χ2n) is 3.93. The Morgan fingerprint density at radius 1 is 1.65 bits per heavy atom. The maximum Gasteiger partial charge on any atom is 0.239 e. The zero-order valence-electron chi connectivity index (χ0n) is 10.8. The Kier molecular flexibility index (Phi) is 4.81. The molecule has 1 rings (SSSR count). The number of aryl methyl sites for hydroxylation is 1. The van der Waals surface area contributed by atoms with Gasteiger partial charge in [-0.15, -0.1) is 0 Å². The van der Waals surface area contributed by atoms with Gasteiger partial charge in [-0.1, -0.05) is 6.92 Å². The molecule has 96 valence electrons. The first-order valence-corrected chi connectivity index (χ1v) is 5.68. The van der Waals surface area contributed by atoms with Gasteiger partial charge in [0.05, 0.1) is 13.7 Å². The number of amides is 1. The number of aromatic nitrogens is 2. The average molecular weight is 240 g/mol. The molecule has 6 heteroatoms. The number of nitrogens with zero attached hydrogens (tertiary/aromatic N) is 2. The van der Waals surface area contributed by atoms with Crippen molar-refractivity contribution in [1.82, 2.24) is 15.1 Å². The van der Waals surface area contributed by atoms with Crippen LogP contribution in [0.4, 0.5) is 5.82 Å². The van der Waals surface area contributed by atoms with E-state index in [1.54, 1.807) is 24.9 Å². The number of carbonyl (C=O) groups is 1. The number of anilines is 1. The van der Waals surface area contributed by atoms with Crippen LogP contribution in [-0.2, 0) is 11.8 Å². The summed E-state index contributed by atoms with van der Waals surface area (Å²) in [6.45, 7) is 4.22. The van der Waals surface area contributed by atoms with Gasteiger partial charge in [-0.2, -0.15) is 5.10 Å². The van der Waals surface area contributed by atoms with E-state index in [2.05, 4.69) is 15.7 Å². The highest BCUT2D eigenvalue weighted by molar-refractivity contribution is 5.80. The Morgan fingerprint density at radius 3 is 2.88 bits per heavy atom. The van der Waals surface area contributed by atoms with Crippen molar-refractivity contribution in [3.8, 4) is 5.88 Å². The van der Waals surface area contributed by atoms with Crippen LogP contribution in [0.25, 0.3) is 0 Å². The van der Waals surface area contributed by atoms with Crippen molar-refractivity contribution in [3.05, 3.63) is 6.07 Å². The van der Waals surface area contributed by atoms with Crippen LogP contribution in [0.15, 0.2) is 6.07 Å². The summed E-state index contributed by atoms with van der Waals surface area (Å²) >= 11 is 0. The van der Waals surface area contributed by atoms with Gasteiger partial charge >= 0.3 is 0 Å². The Bertz CT molecular complexity index is 376. The van der Waals surface area contributed by atoms with Crippen molar-refractivity contribution < 1.29 is 9.53 Å². The number of ether oxygens (including phenoxy) is 1. The highest BCUT2D eigenvalue weighted by atomic mass is 16.5. The summed E-state index contributed by atoms with van der Waals surface area (Å²) in [6, 6.07) is 1.94. The van der Waals surface area contributed by atoms with Crippen LogP contribution >= 0.6 is 0 Å². The first-order chi connectivity index (χ1) is 8.06. The van der Waals surface area contributed by atoms with Crippen LogP contribution in [-0.4, -0.2) is 35.4 Å². The van der Waals surface area contributed by atoms with Gasteiger partial charge in [0.1, 0.15) is 0 Å². The molecule has 1 atom stereocenters. The number of hydrogen-bond donors (Lipinski definition) is 2. The molecule has 0 spiro atoms. The number of hydrogen-bond acceptors (Lipinski definition) is 4. The molecule has 1 aromatic rings. The summed E-state index contributed by atoms with van der Waals surface area (Å²) < 4.78 is 6.68. The normalized spacial score (nSPS) is 12.0. The fourth-order valence-electron chi connectivity index (χ4n) is 1.33. The van der Waals surface area contributed by atoms with Gasteiger partial charge in [-0.3, -0.25) is 4.79 Å². The molecule has 0 radical (unpaired) electrons. The molecule has 1 aromatic heterocycles. The van der Waals surface area contributed by atoms with E-state index in [1.165, 1.54) is 0 Å². The minimum absolute atomic E-state index is 0.0380.